The first kappa shape index (κ1) is 12.3. The Morgan fingerprint density at radius 2 is 2.18 bits per heavy atom. The molecule has 0 heterocycles. The second-order valence-electron chi connectivity index (χ2n) is 4.66. The van der Waals surface area contributed by atoms with Crippen LogP contribution in [0.25, 0.3) is 0 Å². The topological polar surface area (TPSA) is 35.2 Å². The zero-order valence-corrected chi connectivity index (χ0v) is 9.88. The lowest BCUT2D eigenvalue weighted by atomic mass is 9.91. The van der Waals surface area contributed by atoms with E-state index in [-0.39, 0.29) is 24.6 Å². The predicted octanol–water partition coefficient (Wildman–Crippen LogP) is 2.45. The zero-order valence-electron chi connectivity index (χ0n) is 9.88. The van der Waals surface area contributed by atoms with Crippen LogP contribution in [0.3, 0.4) is 0 Å². The Morgan fingerprint density at radius 3 is 2.65 bits per heavy atom. The maximum atomic E-state index is 14.4. The summed E-state index contributed by atoms with van der Waals surface area (Å²) in [7, 11) is 1.40. The number of methoxy groups -OCH3 is 1. The monoisotopic (exact) mass is 241 g/mol. The summed E-state index contributed by atoms with van der Waals surface area (Å²) in [5.74, 6) is -0.241. The second-order valence-corrected chi connectivity index (χ2v) is 4.66. The van der Waals surface area contributed by atoms with E-state index in [2.05, 4.69) is 0 Å². The normalized spacial score (nSPS) is 18.8. The highest BCUT2D eigenvalue weighted by Crippen LogP contribution is 2.43. The molecule has 1 aromatic carbocycles. The van der Waals surface area contributed by atoms with Crippen LogP contribution in [-0.2, 0) is 6.42 Å². The Morgan fingerprint density at radius 1 is 1.47 bits per heavy atom. The summed E-state index contributed by atoms with van der Waals surface area (Å²) in [4.78, 5) is 0. The smallest absolute Gasteiger partial charge is 0.165 e. The summed E-state index contributed by atoms with van der Waals surface area (Å²) < 4.78 is 32.7. The summed E-state index contributed by atoms with van der Waals surface area (Å²) in [5, 5.41) is 0. The Hall–Kier alpha value is -1.16. The highest BCUT2D eigenvalue weighted by atomic mass is 19.1. The minimum absolute atomic E-state index is 0.00862. The Bertz CT molecular complexity index is 406. The largest absolute Gasteiger partial charge is 0.494 e. The summed E-state index contributed by atoms with van der Waals surface area (Å²) in [6.07, 6.45) is 1.94. The van der Waals surface area contributed by atoms with Gasteiger partial charge >= 0.3 is 0 Å². The van der Waals surface area contributed by atoms with Crippen molar-refractivity contribution >= 4 is 0 Å². The Balaban J connectivity index is 2.15. The van der Waals surface area contributed by atoms with Crippen LogP contribution in [0.1, 0.15) is 18.4 Å². The third-order valence-corrected chi connectivity index (χ3v) is 3.36. The van der Waals surface area contributed by atoms with Crippen LogP contribution in [0.2, 0.25) is 0 Å². The van der Waals surface area contributed by atoms with Crippen molar-refractivity contribution in [1.29, 1.82) is 0 Å². The van der Waals surface area contributed by atoms with Crippen LogP contribution in [0, 0.1) is 11.7 Å². The number of ether oxygens (including phenoxy) is 1. The van der Waals surface area contributed by atoms with E-state index >= 15 is 0 Å². The molecule has 0 radical (unpaired) electrons. The van der Waals surface area contributed by atoms with E-state index in [4.69, 9.17) is 10.5 Å². The fourth-order valence-electron chi connectivity index (χ4n) is 2.14. The molecule has 94 valence electrons. The Labute approximate surface area is 99.8 Å². The molecule has 4 heteroatoms. The lowest BCUT2D eigenvalue weighted by Gasteiger charge is -2.23. The van der Waals surface area contributed by atoms with Crippen molar-refractivity contribution in [1.82, 2.24) is 0 Å². The van der Waals surface area contributed by atoms with Gasteiger partial charge in [-0.05, 0) is 36.5 Å². The molecule has 1 fully saturated rings. The quantitative estimate of drug-likeness (QED) is 0.859. The van der Waals surface area contributed by atoms with Gasteiger partial charge < -0.3 is 10.5 Å². The summed E-state index contributed by atoms with van der Waals surface area (Å²) >= 11 is 0. The number of halogens is 2. The van der Waals surface area contributed by atoms with E-state index in [1.807, 2.05) is 0 Å². The first-order valence-corrected chi connectivity index (χ1v) is 5.80. The lowest BCUT2D eigenvalue weighted by Crippen LogP contribution is -2.37. The van der Waals surface area contributed by atoms with Gasteiger partial charge in [-0.3, -0.25) is 0 Å². The van der Waals surface area contributed by atoms with Crippen molar-refractivity contribution in [2.24, 2.45) is 11.7 Å². The predicted molar refractivity (Wildman–Crippen MR) is 62.3 cm³/mol. The van der Waals surface area contributed by atoms with E-state index in [1.165, 1.54) is 19.2 Å². The molecule has 0 aromatic heterocycles. The first-order valence-electron chi connectivity index (χ1n) is 5.80. The third-order valence-electron chi connectivity index (χ3n) is 3.36. The van der Waals surface area contributed by atoms with Crippen LogP contribution < -0.4 is 10.5 Å². The zero-order chi connectivity index (χ0) is 12.5. The Kier molecular flexibility index (Phi) is 3.33. The summed E-state index contributed by atoms with van der Waals surface area (Å²) in [6.45, 7) is -0.00862. The lowest BCUT2D eigenvalue weighted by molar-refractivity contribution is 0.142. The van der Waals surface area contributed by atoms with Crippen molar-refractivity contribution in [2.75, 3.05) is 13.7 Å². The number of alkyl halides is 1. The number of hydrogen-bond donors (Lipinski definition) is 1. The van der Waals surface area contributed by atoms with Gasteiger partial charge in [0.15, 0.2) is 11.6 Å². The van der Waals surface area contributed by atoms with Gasteiger partial charge in [-0.15, -0.1) is 0 Å². The molecule has 1 saturated carbocycles. The molecule has 2 rings (SSSR count). The van der Waals surface area contributed by atoms with Gasteiger partial charge in [0.25, 0.3) is 0 Å². The van der Waals surface area contributed by atoms with Crippen LogP contribution in [0.4, 0.5) is 8.78 Å². The molecular weight excluding hydrogens is 224 g/mol. The van der Waals surface area contributed by atoms with Crippen molar-refractivity contribution in [3.8, 4) is 5.75 Å². The molecule has 1 atom stereocenters. The fourth-order valence-corrected chi connectivity index (χ4v) is 2.14. The van der Waals surface area contributed by atoms with Crippen LogP contribution in [-0.4, -0.2) is 19.3 Å². The molecule has 1 aliphatic rings. The number of nitrogens with two attached hydrogens (primary N) is 1. The molecule has 2 N–H and O–H groups in total. The average molecular weight is 241 g/mol. The van der Waals surface area contributed by atoms with E-state index in [0.29, 0.717) is 5.56 Å². The van der Waals surface area contributed by atoms with Gasteiger partial charge in [-0.1, -0.05) is 6.07 Å². The number of hydrogen-bond acceptors (Lipinski definition) is 2. The average Bonchev–Trinajstić information content (AvgIpc) is 3.13. The van der Waals surface area contributed by atoms with E-state index < -0.39 is 11.5 Å². The van der Waals surface area contributed by atoms with E-state index in [9.17, 15) is 8.78 Å². The van der Waals surface area contributed by atoms with Gasteiger partial charge in [-0.2, -0.15) is 0 Å². The van der Waals surface area contributed by atoms with Crippen LogP contribution >= 0.6 is 0 Å². The van der Waals surface area contributed by atoms with Crippen molar-refractivity contribution < 1.29 is 13.5 Å². The fraction of sp³-hybridized carbons (Fsp3) is 0.538. The maximum Gasteiger partial charge on any atom is 0.165 e. The third kappa shape index (κ3) is 2.57. The molecule has 0 saturated heterocycles. The molecule has 1 aromatic rings. The van der Waals surface area contributed by atoms with Crippen molar-refractivity contribution in [3.05, 3.63) is 29.6 Å². The van der Waals surface area contributed by atoms with Gasteiger partial charge in [-0.25, -0.2) is 8.78 Å². The van der Waals surface area contributed by atoms with Crippen molar-refractivity contribution in [2.45, 2.75) is 24.9 Å². The number of rotatable bonds is 5. The van der Waals surface area contributed by atoms with E-state index in [0.717, 1.165) is 12.8 Å². The standard InChI is InChI=1S/C13H17F2NO/c1-17-12-5-2-9(6-11(12)14)7-13(15,8-16)10-3-4-10/h2,5-6,10H,3-4,7-8,16H2,1H3. The molecular formula is C13H17F2NO. The van der Waals surface area contributed by atoms with Gasteiger partial charge in [0.1, 0.15) is 5.67 Å². The highest BCUT2D eigenvalue weighted by Gasteiger charge is 2.44. The van der Waals surface area contributed by atoms with Crippen LogP contribution in [0.5, 0.6) is 5.75 Å². The summed E-state index contributed by atoms with van der Waals surface area (Å²) in [6, 6.07) is 4.54. The highest BCUT2D eigenvalue weighted by molar-refractivity contribution is 5.30. The van der Waals surface area contributed by atoms with Gasteiger partial charge in [0.2, 0.25) is 0 Å². The molecule has 2 nitrogen and oxygen atoms in total. The van der Waals surface area contributed by atoms with E-state index in [1.54, 1.807) is 6.07 Å². The first-order chi connectivity index (χ1) is 8.09. The molecule has 0 spiro atoms. The SMILES string of the molecule is COc1ccc(CC(F)(CN)C2CC2)cc1F. The van der Waals surface area contributed by atoms with Gasteiger partial charge in [0.05, 0.1) is 7.11 Å². The molecule has 17 heavy (non-hydrogen) atoms. The molecule has 1 unspecified atom stereocenters. The number of benzene rings is 1. The molecule has 1 aliphatic carbocycles. The second kappa shape index (κ2) is 4.61. The maximum absolute atomic E-state index is 14.4. The summed E-state index contributed by atoms with van der Waals surface area (Å²) in [5.41, 5.74) is 4.74. The van der Waals surface area contributed by atoms with Gasteiger partial charge in [0, 0.05) is 13.0 Å². The molecule has 0 amide bonds. The van der Waals surface area contributed by atoms with Crippen LogP contribution in [0.15, 0.2) is 18.2 Å². The minimum Gasteiger partial charge on any atom is -0.494 e. The minimum atomic E-state index is -1.39. The molecule has 0 bridgehead atoms. The van der Waals surface area contributed by atoms with Crippen molar-refractivity contribution in [3.63, 3.8) is 0 Å². The molecule has 0 aliphatic heterocycles.